The van der Waals surface area contributed by atoms with E-state index in [0.717, 1.165) is 19.3 Å². The number of hydrogen-bond acceptors (Lipinski definition) is 1. The summed E-state index contributed by atoms with van der Waals surface area (Å²) in [5.74, 6) is 0. The zero-order chi connectivity index (χ0) is 26.9. The lowest BCUT2D eigenvalue weighted by Crippen LogP contribution is -2.46. The van der Waals surface area contributed by atoms with Crippen LogP contribution in [0.15, 0.2) is 70.9 Å². The van der Waals surface area contributed by atoms with Gasteiger partial charge in [-0.25, -0.2) is 0 Å². The number of halogens is 1. The molecule has 0 heterocycles. The highest BCUT2D eigenvalue weighted by molar-refractivity contribution is 9.11. The number of allylic oxidation sites excluding steroid dienone is 4. The molecule has 2 unspecified atom stereocenters. The molecule has 2 aromatic carbocycles. The van der Waals surface area contributed by atoms with Gasteiger partial charge in [0, 0.05) is 16.9 Å². The summed E-state index contributed by atoms with van der Waals surface area (Å²) in [6, 6.07) is 18.7. The van der Waals surface area contributed by atoms with E-state index in [1.54, 1.807) is 0 Å². The monoisotopic (exact) mass is 563 g/mol. The Kier molecular flexibility index (Phi) is 11.1. The van der Waals surface area contributed by atoms with Crippen molar-refractivity contribution in [3.05, 3.63) is 76.4 Å². The van der Waals surface area contributed by atoms with Crippen LogP contribution in [0.2, 0.25) is 0 Å². The third-order valence-corrected chi connectivity index (χ3v) is 9.55. The van der Waals surface area contributed by atoms with Crippen molar-refractivity contribution in [1.82, 2.24) is 0 Å². The van der Waals surface area contributed by atoms with Crippen LogP contribution in [-0.4, -0.2) is 5.54 Å². The van der Waals surface area contributed by atoms with E-state index in [0.29, 0.717) is 0 Å². The topological polar surface area (TPSA) is 3.24 Å². The molecule has 0 fully saturated rings. The molecule has 0 spiro atoms. The van der Waals surface area contributed by atoms with Crippen LogP contribution in [0.5, 0.6) is 0 Å². The first-order valence-electron chi connectivity index (χ1n) is 14.9. The van der Waals surface area contributed by atoms with Gasteiger partial charge in [-0.1, -0.05) is 125 Å². The van der Waals surface area contributed by atoms with Gasteiger partial charge in [0.05, 0.1) is 0 Å². The number of unbranched alkanes of at least 4 members (excludes halogenated alkanes) is 3. The van der Waals surface area contributed by atoms with Crippen LogP contribution < -0.4 is 4.90 Å². The van der Waals surface area contributed by atoms with E-state index in [1.807, 2.05) is 0 Å². The van der Waals surface area contributed by atoms with Crippen LogP contribution >= 0.6 is 15.9 Å². The molecule has 0 aromatic heterocycles. The molecule has 2 aromatic rings. The third kappa shape index (κ3) is 7.41. The van der Waals surface area contributed by atoms with Crippen LogP contribution in [-0.2, 0) is 5.41 Å². The van der Waals surface area contributed by atoms with Gasteiger partial charge in [0.15, 0.2) is 0 Å². The molecule has 0 bridgehead atoms. The van der Waals surface area contributed by atoms with Crippen molar-refractivity contribution < 1.29 is 0 Å². The molecule has 3 rings (SSSR count). The van der Waals surface area contributed by atoms with Crippen molar-refractivity contribution in [3.8, 4) is 11.1 Å². The predicted molar refractivity (Wildman–Crippen MR) is 169 cm³/mol. The normalized spacial score (nSPS) is 16.9. The fraction of sp³-hybridized carbons (Fsp3) is 0.543. The SMILES string of the molecule is CCCCCC(C)(CC)N(C1=CC=C(Br)CC1)c1ccc(-c2ccc(C(C)(CC)CCCC)cc2)cc1. The summed E-state index contributed by atoms with van der Waals surface area (Å²) in [7, 11) is 0. The smallest absolute Gasteiger partial charge is 0.0417 e. The Morgan fingerprint density at radius 3 is 1.84 bits per heavy atom. The van der Waals surface area contributed by atoms with E-state index in [-0.39, 0.29) is 11.0 Å². The van der Waals surface area contributed by atoms with Crippen LogP contribution in [0.25, 0.3) is 11.1 Å². The minimum atomic E-state index is 0.116. The van der Waals surface area contributed by atoms with Crippen molar-refractivity contribution >= 4 is 21.6 Å². The van der Waals surface area contributed by atoms with Gasteiger partial charge in [-0.2, -0.15) is 0 Å². The predicted octanol–water partition coefficient (Wildman–Crippen LogP) is 11.7. The Balaban J connectivity index is 1.90. The molecule has 2 heteroatoms. The maximum atomic E-state index is 3.71. The molecule has 37 heavy (non-hydrogen) atoms. The van der Waals surface area contributed by atoms with Crippen molar-refractivity contribution in [3.63, 3.8) is 0 Å². The molecule has 0 aliphatic heterocycles. The van der Waals surface area contributed by atoms with Gasteiger partial charge in [-0.15, -0.1) is 0 Å². The zero-order valence-electron chi connectivity index (χ0n) is 24.4. The molecular weight excluding hydrogens is 514 g/mol. The summed E-state index contributed by atoms with van der Waals surface area (Å²) in [6.07, 6.45) is 17.9. The van der Waals surface area contributed by atoms with Crippen LogP contribution in [0.1, 0.15) is 118 Å². The second-order valence-electron chi connectivity index (χ2n) is 11.6. The maximum Gasteiger partial charge on any atom is 0.0417 e. The molecule has 2 atom stereocenters. The summed E-state index contributed by atoms with van der Waals surface area (Å²) < 4.78 is 1.30. The summed E-state index contributed by atoms with van der Waals surface area (Å²) in [5.41, 5.74) is 7.23. The Morgan fingerprint density at radius 2 is 1.32 bits per heavy atom. The van der Waals surface area contributed by atoms with Gasteiger partial charge in [-0.05, 0) is 90.2 Å². The van der Waals surface area contributed by atoms with Crippen molar-refractivity contribution in [2.45, 2.75) is 123 Å². The van der Waals surface area contributed by atoms with Crippen molar-refractivity contribution in [2.75, 3.05) is 4.90 Å². The molecular formula is C35H50BrN. The van der Waals surface area contributed by atoms with E-state index in [9.17, 15) is 0 Å². The number of anilines is 1. The van der Waals surface area contributed by atoms with Gasteiger partial charge in [0.25, 0.3) is 0 Å². The number of nitrogens with zero attached hydrogens (tertiary/aromatic N) is 1. The molecule has 1 nitrogen and oxygen atoms in total. The fourth-order valence-corrected chi connectivity index (χ4v) is 6.10. The van der Waals surface area contributed by atoms with E-state index in [4.69, 9.17) is 0 Å². The summed E-state index contributed by atoms with van der Waals surface area (Å²) in [5, 5.41) is 0. The van der Waals surface area contributed by atoms with Crippen molar-refractivity contribution in [1.29, 1.82) is 0 Å². The van der Waals surface area contributed by atoms with Gasteiger partial charge < -0.3 is 4.90 Å². The third-order valence-electron chi connectivity index (χ3n) is 8.89. The second-order valence-corrected chi connectivity index (χ2v) is 12.6. The van der Waals surface area contributed by atoms with E-state index < -0.39 is 0 Å². The van der Waals surface area contributed by atoms with Gasteiger partial charge in [0.1, 0.15) is 0 Å². The maximum absolute atomic E-state index is 3.71. The van der Waals surface area contributed by atoms with Gasteiger partial charge in [0.2, 0.25) is 0 Å². The Bertz CT molecular complexity index is 1030. The lowest BCUT2D eigenvalue weighted by atomic mass is 9.76. The average Bonchev–Trinajstić information content (AvgIpc) is 2.93. The number of rotatable bonds is 14. The molecule has 0 saturated heterocycles. The fourth-order valence-electron chi connectivity index (χ4n) is 5.77. The average molecular weight is 565 g/mol. The highest BCUT2D eigenvalue weighted by atomic mass is 79.9. The molecule has 0 saturated carbocycles. The number of benzene rings is 2. The zero-order valence-corrected chi connectivity index (χ0v) is 26.0. The van der Waals surface area contributed by atoms with Crippen LogP contribution in [0.4, 0.5) is 5.69 Å². The number of hydrogen-bond donors (Lipinski definition) is 0. The first kappa shape index (κ1) is 29.8. The Morgan fingerprint density at radius 1 is 0.703 bits per heavy atom. The van der Waals surface area contributed by atoms with Crippen molar-refractivity contribution in [2.24, 2.45) is 0 Å². The van der Waals surface area contributed by atoms with E-state index in [2.05, 4.69) is 123 Å². The first-order valence-corrected chi connectivity index (χ1v) is 15.7. The van der Waals surface area contributed by atoms with Crippen LogP contribution in [0, 0.1) is 0 Å². The Hall–Kier alpha value is -1.80. The molecule has 1 aliphatic carbocycles. The quantitative estimate of drug-likeness (QED) is 0.206. The summed E-state index contributed by atoms with van der Waals surface area (Å²) >= 11 is 3.71. The highest BCUT2D eigenvalue weighted by Crippen LogP contribution is 2.40. The highest BCUT2D eigenvalue weighted by Gasteiger charge is 2.33. The molecule has 1 aliphatic rings. The first-order chi connectivity index (χ1) is 17.8. The summed E-state index contributed by atoms with van der Waals surface area (Å²) in [6.45, 7) is 14.2. The minimum Gasteiger partial charge on any atom is -0.339 e. The van der Waals surface area contributed by atoms with Crippen LogP contribution in [0.3, 0.4) is 0 Å². The van der Waals surface area contributed by atoms with Gasteiger partial charge in [-0.3, -0.25) is 0 Å². The second kappa shape index (κ2) is 13.8. The standard InChI is InChI=1S/C35H50BrN/c1-7-11-13-27-35(6,10-4)37(33-24-20-31(36)21-25-33)32-22-16-29(17-23-32)28-14-18-30(19-15-28)34(5,9-3)26-12-8-2/h14-20,22-24H,7-13,21,25-27H2,1-6H3. The lowest BCUT2D eigenvalue weighted by molar-refractivity contribution is 0.378. The largest absolute Gasteiger partial charge is 0.339 e. The molecule has 0 radical (unpaired) electrons. The Labute approximate surface area is 236 Å². The molecule has 202 valence electrons. The summed E-state index contributed by atoms with van der Waals surface area (Å²) in [4.78, 5) is 2.66. The minimum absolute atomic E-state index is 0.116. The van der Waals surface area contributed by atoms with E-state index in [1.165, 1.54) is 83.9 Å². The molecule has 0 amide bonds. The molecule has 0 N–H and O–H groups in total. The van der Waals surface area contributed by atoms with E-state index >= 15 is 0 Å². The lowest BCUT2D eigenvalue weighted by Gasteiger charge is -2.45. The van der Waals surface area contributed by atoms with Gasteiger partial charge >= 0.3 is 0 Å².